The van der Waals surface area contributed by atoms with Gasteiger partial charge in [0.2, 0.25) is 5.91 Å². The van der Waals surface area contributed by atoms with E-state index in [-0.39, 0.29) is 11.4 Å². The van der Waals surface area contributed by atoms with Gasteiger partial charge in [0.25, 0.3) is 0 Å². The number of amides is 1. The highest BCUT2D eigenvalue weighted by Gasteiger charge is 2.42. The second-order valence-corrected chi connectivity index (χ2v) is 5.54. The number of carbonyl (C=O) groups excluding carboxylic acids is 1. The molecule has 1 saturated carbocycles. The summed E-state index contributed by atoms with van der Waals surface area (Å²) in [5.41, 5.74) is 0.949. The highest BCUT2D eigenvalue weighted by atomic mass is 35.5. The van der Waals surface area contributed by atoms with Crippen molar-refractivity contribution in [1.82, 2.24) is 5.32 Å². The van der Waals surface area contributed by atoms with Gasteiger partial charge in [-0.05, 0) is 29.2 Å². The fourth-order valence-corrected chi connectivity index (χ4v) is 2.74. The molecule has 98 valence electrons. The van der Waals surface area contributed by atoms with Crippen molar-refractivity contribution < 1.29 is 4.79 Å². The van der Waals surface area contributed by atoms with Crippen LogP contribution in [0.25, 0.3) is 10.8 Å². The van der Waals surface area contributed by atoms with Crippen molar-refractivity contribution in [3.05, 3.63) is 48.0 Å². The SMILES string of the molecule is O=C(Cc1cccc2ccccc12)NC1(CCl)CC1. The summed E-state index contributed by atoms with van der Waals surface area (Å²) in [6.45, 7) is 0. The third-order valence-electron chi connectivity index (χ3n) is 3.74. The van der Waals surface area contributed by atoms with Crippen molar-refractivity contribution in [3.8, 4) is 0 Å². The first-order chi connectivity index (χ1) is 9.22. The van der Waals surface area contributed by atoms with E-state index in [9.17, 15) is 4.79 Å². The monoisotopic (exact) mass is 273 g/mol. The molecule has 0 bridgehead atoms. The van der Waals surface area contributed by atoms with Gasteiger partial charge in [-0.2, -0.15) is 0 Å². The Kier molecular flexibility index (Phi) is 3.19. The molecule has 1 N–H and O–H groups in total. The minimum absolute atomic E-state index is 0.0644. The summed E-state index contributed by atoms with van der Waals surface area (Å²) < 4.78 is 0. The van der Waals surface area contributed by atoms with Crippen molar-refractivity contribution in [1.29, 1.82) is 0 Å². The molecule has 2 aromatic carbocycles. The first-order valence-electron chi connectivity index (χ1n) is 6.56. The average Bonchev–Trinajstić information content (AvgIpc) is 3.19. The van der Waals surface area contributed by atoms with Crippen LogP contribution in [0.15, 0.2) is 42.5 Å². The molecule has 0 radical (unpaired) electrons. The lowest BCUT2D eigenvalue weighted by atomic mass is 10.0. The Labute approximate surface area is 117 Å². The van der Waals surface area contributed by atoms with Gasteiger partial charge in [-0.25, -0.2) is 0 Å². The summed E-state index contributed by atoms with van der Waals surface area (Å²) in [4.78, 5) is 12.1. The molecule has 1 fully saturated rings. The number of hydrogen-bond acceptors (Lipinski definition) is 1. The van der Waals surface area contributed by atoms with Crippen molar-refractivity contribution in [2.24, 2.45) is 0 Å². The van der Waals surface area contributed by atoms with E-state index < -0.39 is 0 Å². The smallest absolute Gasteiger partial charge is 0.224 e. The number of rotatable bonds is 4. The Balaban J connectivity index is 1.80. The van der Waals surface area contributed by atoms with Gasteiger partial charge in [-0.3, -0.25) is 4.79 Å². The van der Waals surface area contributed by atoms with Gasteiger partial charge in [-0.15, -0.1) is 11.6 Å². The third kappa shape index (κ3) is 2.59. The minimum atomic E-state index is -0.122. The quantitative estimate of drug-likeness (QED) is 0.851. The molecule has 0 heterocycles. The second-order valence-electron chi connectivity index (χ2n) is 5.28. The molecule has 19 heavy (non-hydrogen) atoms. The molecule has 1 aliphatic rings. The standard InChI is InChI=1S/C16H16ClNO/c17-11-16(8-9-16)18-15(19)10-13-6-3-5-12-4-1-2-7-14(12)13/h1-7H,8-11H2,(H,18,19). The highest BCUT2D eigenvalue weighted by molar-refractivity contribution is 6.19. The van der Waals surface area contributed by atoms with Crippen LogP contribution in [0.3, 0.4) is 0 Å². The van der Waals surface area contributed by atoms with Crippen LogP contribution in [0.4, 0.5) is 0 Å². The lowest BCUT2D eigenvalue weighted by Gasteiger charge is -2.14. The van der Waals surface area contributed by atoms with E-state index in [0.717, 1.165) is 23.8 Å². The zero-order valence-electron chi connectivity index (χ0n) is 10.7. The van der Waals surface area contributed by atoms with Gasteiger partial charge in [0.1, 0.15) is 0 Å². The molecule has 1 amide bonds. The van der Waals surface area contributed by atoms with Crippen LogP contribution in [0.2, 0.25) is 0 Å². The second kappa shape index (κ2) is 4.86. The van der Waals surface area contributed by atoms with Crippen molar-refractivity contribution in [3.63, 3.8) is 0 Å². The number of hydrogen-bond donors (Lipinski definition) is 1. The van der Waals surface area contributed by atoms with E-state index in [1.807, 2.05) is 24.3 Å². The van der Waals surface area contributed by atoms with Crippen LogP contribution in [-0.4, -0.2) is 17.3 Å². The minimum Gasteiger partial charge on any atom is -0.349 e. The van der Waals surface area contributed by atoms with Crippen LogP contribution >= 0.6 is 11.6 Å². The lowest BCUT2D eigenvalue weighted by Crippen LogP contribution is -2.39. The van der Waals surface area contributed by atoms with Gasteiger partial charge in [-0.1, -0.05) is 42.5 Å². The molecule has 0 atom stereocenters. The van der Waals surface area contributed by atoms with E-state index in [2.05, 4.69) is 23.5 Å². The van der Waals surface area contributed by atoms with Crippen LogP contribution < -0.4 is 5.32 Å². The Morgan fingerprint density at radius 2 is 1.89 bits per heavy atom. The maximum Gasteiger partial charge on any atom is 0.224 e. The largest absolute Gasteiger partial charge is 0.349 e. The summed E-state index contributed by atoms with van der Waals surface area (Å²) in [6, 6.07) is 14.2. The van der Waals surface area contributed by atoms with E-state index >= 15 is 0 Å². The summed E-state index contributed by atoms with van der Waals surface area (Å²) in [7, 11) is 0. The zero-order chi connectivity index (χ0) is 13.3. The van der Waals surface area contributed by atoms with Gasteiger partial charge in [0.05, 0.1) is 12.0 Å². The normalized spacial score (nSPS) is 16.3. The molecule has 1 aliphatic carbocycles. The van der Waals surface area contributed by atoms with Crippen molar-refractivity contribution in [2.75, 3.05) is 5.88 Å². The number of fused-ring (bicyclic) bond motifs is 1. The van der Waals surface area contributed by atoms with E-state index in [1.165, 1.54) is 5.39 Å². The average molecular weight is 274 g/mol. The molecular formula is C16H16ClNO. The number of nitrogens with one attached hydrogen (secondary N) is 1. The molecule has 2 nitrogen and oxygen atoms in total. The van der Waals surface area contributed by atoms with E-state index in [1.54, 1.807) is 0 Å². The predicted molar refractivity (Wildman–Crippen MR) is 78.5 cm³/mol. The Morgan fingerprint density at radius 1 is 1.16 bits per heavy atom. The number of benzene rings is 2. The Morgan fingerprint density at radius 3 is 2.63 bits per heavy atom. The fraction of sp³-hybridized carbons (Fsp3) is 0.312. The van der Waals surface area contributed by atoms with Gasteiger partial charge < -0.3 is 5.32 Å². The van der Waals surface area contributed by atoms with Crippen LogP contribution in [0.1, 0.15) is 18.4 Å². The first kappa shape index (κ1) is 12.5. The Bertz CT molecular complexity index is 614. The summed E-state index contributed by atoms with van der Waals surface area (Å²) in [6.07, 6.45) is 2.41. The van der Waals surface area contributed by atoms with Crippen molar-refractivity contribution in [2.45, 2.75) is 24.8 Å². The maximum absolute atomic E-state index is 12.1. The van der Waals surface area contributed by atoms with Gasteiger partial charge in [0, 0.05) is 5.88 Å². The van der Waals surface area contributed by atoms with Crippen LogP contribution in [0.5, 0.6) is 0 Å². The molecule has 0 saturated heterocycles. The summed E-state index contributed by atoms with van der Waals surface area (Å²) >= 11 is 5.88. The molecule has 3 rings (SSSR count). The van der Waals surface area contributed by atoms with Crippen LogP contribution in [0, 0.1) is 0 Å². The summed E-state index contributed by atoms with van der Waals surface area (Å²) in [5, 5.41) is 5.38. The Hall–Kier alpha value is -1.54. The first-order valence-corrected chi connectivity index (χ1v) is 7.10. The van der Waals surface area contributed by atoms with E-state index in [4.69, 9.17) is 11.6 Å². The predicted octanol–water partition coefficient (Wildman–Crippen LogP) is 3.27. The number of alkyl halides is 1. The number of halogens is 1. The molecule has 3 heteroatoms. The number of carbonyl (C=O) groups is 1. The van der Waals surface area contributed by atoms with Crippen molar-refractivity contribution >= 4 is 28.3 Å². The topological polar surface area (TPSA) is 29.1 Å². The van der Waals surface area contributed by atoms with Crippen LogP contribution in [-0.2, 0) is 11.2 Å². The molecule has 0 aliphatic heterocycles. The molecule has 2 aromatic rings. The third-order valence-corrected chi connectivity index (χ3v) is 4.26. The fourth-order valence-electron chi connectivity index (χ4n) is 2.40. The maximum atomic E-state index is 12.1. The van der Waals surface area contributed by atoms with E-state index in [0.29, 0.717) is 12.3 Å². The zero-order valence-corrected chi connectivity index (χ0v) is 11.4. The van der Waals surface area contributed by atoms with Gasteiger partial charge in [0.15, 0.2) is 0 Å². The van der Waals surface area contributed by atoms with Gasteiger partial charge >= 0.3 is 0 Å². The lowest BCUT2D eigenvalue weighted by molar-refractivity contribution is -0.121. The summed E-state index contributed by atoms with van der Waals surface area (Å²) in [5.74, 6) is 0.573. The molecule has 0 unspecified atom stereocenters. The molecular weight excluding hydrogens is 258 g/mol. The molecule has 0 spiro atoms. The molecule has 0 aromatic heterocycles. The highest BCUT2D eigenvalue weighted by Crippen LogP contribution is 2.36.